The molecule has 2 nitrogen and oxygen atoms in total. The highest BCUT2D eigenvalue weighted by atomic mass is 16.2. The van der Waals surface area contributed by atoms with Crippen LogP contribution in [-0.4, -0.2) is 23.9 Å². The van der Waals surface area contributed by atoms with E-state index in [0.29, 0.717) is 6.42 Å². The van der Waals surface area contributed by atoms with Gasteiger partial charge in [0, 0.05) is 19.5 Å². The quantitative estimate of drug-likeness (QED) is 0.448. The molecule has 0 heterocycles. The fourth-order valence-electron chi connectivity index (χ4n) is 1.91. The second-order valence-corrected chi connectivity index (χ2v) is 5.02. The standard InChI is InChI=1S/C16H27NO/c1-3-5-6-7-8-9-10-13-17(16(18)4-2)14-15-11-12-15/h5-6,9-10,15H,3-4,7-8,11-14H2,1-2H3/b6-5-,10-9+. The average molecular weight is 249 g/mol. The van der Waals surface area contributed by atoms with Crippen molar-refractivity contribution in [3.05, 3.63) is 24.3 Å². The lowest BCUT2D eigenvalue weighted by Crippen LogP contribution is -2.32. The van der Waals surface area contributed by atoms with Gasteiger partial charge in [0.15, 0.2) is 0 Å². The molecule has 102 valence electrons. The van der Waals surface area contributed by atoms with Gasteiger partial charge in [0.1, 0.15) is 0 Å². The van der Waals surface area contributed by atoms with Crippen LogP contribution in [0.5, 0.6) is 0 Å². The maximum absolute atomic E-state index is 11.8. The molecule has 0 aromatic carbocycles. The van der Waals surface area contributed by atoms with Crippen LogP contribution in [0.1, 0.15) is 52.4 Å². The van der Waals surface area contributed by atoms with Crippen LogP contribution in [0.2, 0.25) is 0 Å². The number of rotatable bonds is 9. The second-order valence-electron chi connectivity index (χ2n) is 5.02. The maximum Gasteiger partial charge on any atom is 0.222 e. The molecule has 18 heavy (non-hydrogen) atoms. The van der Waals surface area contributed by atoms with Gasteiger partial charge in [-0.15, -0.1) is 0 Å². The van der Waals surface area contributed by atoms with Crippen molar-refractivity contribution in [2.75, 3.05) is 13.1 Å². The van der Waals surface area contributed by atoms with Crippen molar-refractivity contribution in [3.63, 3.8) is 0 Å². The van der Waals surface area contributed by atoms with E-state index in [1.165, 1.54) is 12.8 Å². The summed E-state index contributed by atoms with van der Waals surface area (Å²) in [6.07, 6.45) is 15.3. The minimum atomic E-state index is 0.289. The first-order valence-electron chi connectivity index (χ1n) is 7.35. The first kappa shape index (κ1) is 15.0. The molecule has 0 aromatic rings. The Hall–Kier alpha value is -1.05. The van der Waals surface area contributed by atoms with Gasteiger partial charge < -0.3 is 4.90 Å². The van der Waals surface area contributed by atoms with Crippen LogP contribution < -0.4 is 0 Å². The van der Waals surface area contributed by atoms with Crippen molar-refractivity contribution >= 4 is 5.91 Å². The molecule has 1 fully saturated rings. The molecule has 1 amide bonds. The third kappa shape index (κ3) is 6.63. The number of carbonyl (C=O) groups is 1. The largest absolute Gasteiger partial charge is 0.339 e. The lowest BCUT2D eigenvalue weighted by molar-refractivity contribution is -0.130. The van der Waals surface area contributed by atoms with E-state index in [1.807, 2.05) is 11.8 Å². The van der Waals surface area contributed by atoms with Crippen molar-refractivity contribution in [3.8, 4) is 0 Å². The van der Waals surface area contributed by atoms with Gasteiger partial charge >= 0.3 is 0 Å². The van der Waals surface area contributed by atoms with Gasteiger partial charge in [-0.3, -0.25) is 4.79 Å². The molecule has 1 rings (SSSR count). The zero-order valence-electron chi connectivity index (χ0n) is 11.9. The summed E-state index contributed by atoms with van der Waals surface area (Å²) >= 11 is 0. The fraction of sp³-hybridized carbons (Fsp3) is 0.688. The van der Waals surface area contributed by atoms with Crippen molar-refractivity contribution in [2.45, 2.75) is 52.4 Å². The Morgan fingerprint density at radius 1 is 1.11 bits per heavy atom. The van der Waals surface area contributed by atoms with Crippen LogP contribution in [0, 0.1) is 5.92 Å². The average Bonchev–Trinajstić information content (AvgIpc) is 3.19. The highest BCUT2D eigenvalue weighted by Crippen LogP contribution is 2.29. The molecule has 0 N–H and O–H groups in total. The van der Waals surface area contributed by atoms with Gasteiger partial charge in [0.2, 0.25) is 5.91 Å². The fourth-order valence-corrected chi connectivity index (χ4v) is 1.91. The Bertz CT molecular complexity index is 289. The molecular weight excluding hydrogens is 222 g/mol. The van der Waals surface area contributed by atoms with Crippen LogP contribution in [0.25, 0.3) is 0 Å². The molecule has 1 saturated carbocycles. The number of hydrogen-bond acceptors (Lipinski definition) is 1. The molecule has 0 atom stereocenters. The van der Waals surface area contributed by atoms with Gasteiger partial charge in [-0.2, -0.15) is 0 Å². The topological polar surface area (TPSA) is 20.3 Å². The number of amides is 1. The smallest absolute Gasteiger partial charge is 0.222 e. The summed E-state index contributed by atoms with van der Waals surface area (Å²) in [7, 11) is 0. The molecule has 0 unspecified atom stereocenters. The number of allylic oxidation sites excluding steroid dienone is 3. The summed E-state index contributed by atoms with van der Waals surface area (Å²) in [5.41, 5.74) is 0. The number of carbonyl (C=O) groups excluding carboxylic acids is 1. The summed E-state index contributed by atoms with van der Waals surface area (Å²) < 4.78 is 0. The Kier molecular flexibility index (Phi) is 7.47. The monoisotopic (exact) mass is 249 g/mol. The van der Waals surface area contributed by atoms with E-state index < -0.39 is 0 Å². The van der Waals surface area contributed by atoms with E-state index in [1.54, 1.807) is 0 Å². The van der Waals surface area contributed by atoms with Gasteiger partial charge in [-0.25, -0.2) is 0 Å². The van der Waals surface area contributed by atoms with Crippen LogP contribution in [0.3, 0.4) is 0 Å². The van der Waals surface area contributed by atoms with Gasteiger partial charge in [-0.1, -0.05) is 38.2 Å². The Labute approximate surface area is 112 Å². The summed E-state index contributed by atoms with van der Waals surface area (Å²) in [4.78, 5) is 13.8. The van der Waals surface area contributed by atoms with E-state index in [2.05, 4.69) is 31.2 Å². The Balaban J connectivity index is 2.20. The molecule has 1 aliphatic rings. The van der Waals surface area contributed by atoms with Gasteiger partial charge in [0.25, 0.3) is 0 Å². The van der Waals surface area contributed by atoms with E-state index in [-0.39, 0.29) is 5.91 Å². The molecule has 0 radical (unpaired) electrons. The highest BCUT2D eigenvalue weighted by molar-refractivity contribution is 5.76. The van der Waals surface area contributed by atoms with Crippen LogP contribution in [-0.2, 0) is 4.79 Å². The first-order valence-corrected chi connectivity index (χ1v) is 7.35. The summed E-state index contributed by atoms with van der Waals surface area (Å²) in [5, 5.41) is 0. The van der Waals surface area contributed by atoms with E-state index in [4.69, 9.17) is 0 Å². The van der Waals surface area contributed by atoms with Crippen molar-refractivity contribution in [1.29, 1.82) is 0 Å². The zero-order chi connectivity index (χ0) is 13.2. The minimum Gasteiger partial charge on any atom is -0.339 e. The number of hydrogen-bond donors (Lipinski definition) is 0. The highest BCUT2D eigenvalue weighted by Gasteiger charge is 2.25. The van der Waals surface area contributed by atoms with Gasteiger partial charge in [0.05, 0.1) is 0 Å². The Morgan fingerprint density at radius 2 is 1.78 bits per heavy atom. The molecular formula is C16H27NO. The zero-order valence-corrected chi connectivity index (χ0v) is 11.9. The third-order valence-corrected chi connectivity index (χ3v) is 3.23. The second kappa shape index (κ2) is 8.96. The number of nitrogens with zero attached hydrogens (tertiary/aromatic N) is 1. The van der Waals surface area contributed by atoms with Crippen LogP contribution >= 0.6 is 0 Å². The predicted molar refractivity (Wildman–Crippen MR) is 77.4 cm³/mol. The molecule has 0 spiro atoms. The normalized spacial score (nSPS) is 15.7. The summed E-state index contributed by atoms with van der Waals surface area (Å²) in [5.74, 6) is 1.07. The van der Waals surface area contributed by atoms with Crippen molar-refractivity contribution in [2.24, 2.45) is 5.92 Å². The number of unbranched alkanes of at least 4 members (excludes halogenated alkanes) is 1. The predicted octanol–water partition coefficient (Wildman–Crippen LogP) is 3.94. The summed E-state index contributed by atoms with van der Waals surface area (Å²) in [6, 6.07) is 0. The van der Waals surface area contributed by atoms with Crippen LogP contribution in [0.4, 0.5) is 0 Å². The van der Waals surface area contributed by atoms with Crippen LogP contribution in [0.15, 0.2) is 24.3 Å². The lowest BCUT2D eigenvalue weighted by Gasteiger charge is -2.20. The molecule has 0 aromatic heterocycles. The molecule has 2 heteroatoms. The van der Waals surface area contributed by atoms with E-state index in [9.17, 15) is 4.79 Å². The first-order chi connectivity index (χ1) is 8.77. The maximum atomic E-state index is 11.8. The third-order valence-electron chi connectivity index (χ3n) is 3.23. The minimum absolute atomic E-state index is 0.289. The molecule has 1 aliphatic carbocycles. The lowest BCUT2D eigenvalue weighted by atomic mass is 10.2. The Morgan fingerprint density at radius 3 is 2.33 bits per heavy atom. The summed E-state index contributed by atoms with van der Waals surface area (Å²) in [6.45, 7) is 5.85. The molecule has 0 bridgehead atoms. The van der Waals surface area contributed by atoms with Crippen molar-refractivity contribution in [1.82, 2.24) is 4.90 Å². The van der Waals surface area contributed by atoms with Crippen molar-refractivity contribution < 1.29 is 4.79 Å². The molecule has 0 aliphatic heterocycles. The molecule has 0 saturated heterocycles. The van der Waals surface area contributed by atoms with E-state index >= 15 is 0 Å². The SMILES string of the molecule is CC/C=C\CC/C=C/CN(CC1CC1)C(=O)CC. The van der Waals surface area contributed by atoms with E-state index in [0.717, 1.165) is 38.3 Å². The van der Waals surface area contributed by atoms with Gasteiger partial charge in [-0.05, 0) is 38.0 Å².